The van der Waals surface area contributed by atoms with Crippen LogP contribution in [-0.4, -0.2) is 41.9 Å². The highest BCUT2D eigenvalue weighted by Crippen LogP contribution is 2.24. The first kappa shape index (κ1) is 14.4. The monoisotopic (exact) mass is 294 g/mol. The van der Waals surface area contributed by atoms with Crippen LogP contribution in [0.15, 0.2) is 41.6 Å². The average Bonchev–Trinajstić information content (AvgIpc) is 2.43. The van der Waals surface area contributed by atoms with E-state index in [9.17, 15) is 13.2 Å². The molecule has 6 nitrogen and oxygen atoms in total. The molecular formula is C13H14N2O4S. The maximum atomic E-state index is 12.6. The third-order valence-corrected chi connectivity index (χ3v) is 4.90. The van der Waals surface area contributed by atoms with Crippen molar-refractivity contribution in [2.24, 2.45) is 0 Å². The third kappa shape index (κ3) is 2.63. The molecule has 0 bridgehead atoms. The van der Waals surface area contributed by atoms with Gasteiger partial charge in [-0.15, -0.1) is 0 Å². The molecule has 0 saturated carbocycles. The van der Waals surface area contributed by atoms with Crippen LogP contribution in [0.25, 0.3) is 10.8 Å². The summed E-state index contributed by atoms with van der Waals surface area (Å²) in [6.07, 6.45) is 3.08. The van der Waals surface area contributed by atoms with Crippen LogP contribution in [0.4, 0.5) is 0 Å². The van der Waals surface area contributed by atoms with Gasteiger partial charge in [-0.1, -0.05) is 19.1 Å². The van der Waals surface area contributed by atoms with Gasteiger partial charge in [-0.25, -0.2) is 8.42 Å². The van der Waals surface area contributed by atoms with E-state index >= 15 is 0 Å². The molecule has 1 aromatic heterocycles. The van der Waals surface area contributed by atoms with E-state index in [1.54, 1.807) is 31.3 Å². The van der Waals surface area contributed by atoms with Gasteiger partial charge in [-0.3, -0.25) is 9.78 Å². The van der Waals surface area contributed by atoms with E-state index in [0.717, 1.165) is 4.31 Å². The van der Waals surface area contributed by atoms with Gasteiger partial charge in [-0.05, 0) is 12.1 Å². The summed E-state index contributed by atoms with van der Waals surface area (Å²) in [4.78, 5) is 14.8. The number of carboxylic acid groups (broad SMARTS) is 1. The second kappa shape index (κ2) is 5.56. The van der Waals surface area contributed by atoms with Gasteiger partial charge >= 0.3 is 5.97 Å². The SMILES string of the molecule is CCN(CC(=O)O)S(=O)(=O)c1cccc2cnccc12. The third-order valence-electron chi connectivity index (χ3n) is 2.92. The van der Waals surface area contributed by atoms with Crippen LogP contribution in [0.1, 0.15) is 6.92 Å². The van der Waals surface area contributed by atoms with Crippen LogP contribution in [0.5, 0.6) is 0 Å². The summed E-state index contributed by atoms with van der Waals surface area (Å²) < 4.78 is 26.0. The number of fused-ring (bicyclic) bond motifs is 1. The zero-order chi connectivity index (χ0) is 14.8. The van der Waals surface area contributed by atoms with Crippen molar-refractivity contribution in [1.82, 2.24) is 9.29 Å². The van der Waals surface area contributed by atoms with Crippen molar-refractivity contribution < 1.29 is 18.3 Å². The number of pyridine rings is 1. The number of aromatic nitrogens is 1. The molecule has 0 atom stereocenters. The number of benzene rings is 1. The first-order valence-corrected chi connectivity index (χ1v) is 7.45. The summed E-state index contributed by atoms with van der Waals surface area (Å²) in [7, 11) is -3.85. The molecule has 0 amide bonds. The van der Waals surface area contributed by atoms with E-state index in [-0.39, 0.29) is 11.4 Å². The first-order valence-electron chi connectivity index (χ1n) is 6.01. The fraction of sp³-hybridized carbons (Fsp3) is 0.231. The quantitative estimate of drug-likeness (QED) is 0.898. The topological polar surface area (TPSA) is 87.6 Å². The van der Waals surface area contributed by atoms with Gasteiger partial charge in [0.25, 0.3) is 0 Å². The Morgan fingerprint density at radius 2 is 2.10 bits per heavy atom. The molecule has 20 heavy (non-hydrogen) atoms. The predicted octanol–water partition coefficient (Wildman–Crippen LogP) is 1.33. The van der Waals surface area contributed by atoms with Crippen molar-refractivity contribution in [3.05, 3.63) is 36.7 Å². The van der Waals surface area contributed by atoms with Crippen LogP contribution in [0, 0.1) is 0 Å². The number of aliphatic carboxylic acids is 1. The lowest BCUT2D eigenvalue weighted by atomic mass is 10.2. The zero-order valence-corrected chi connectivity index (χ0v) is 11.7. The minimum Gasteiger partial charge on any atom is -0.480 e. The fourth-order valence-electron chi connectivity index (χ4n) is 1.97. The minimum atomic E-state index is -3.85. The first-order chi connectivity index (χ1) is 9.46. The van der Waals surface area contributed by atoms with E-state index in [4.69, 9.17) is 5.11 Å². The Morgan fingerprint density at radius 1 is 1.35 bits per heavy atom. The summed E-state index contributed by atoms with van der Waals surface area (Å²) in [6, 6.07) is 6.46. The second-order valence-corrected chi connectivity index (χ2v) is 6.08. The molecule has 0 aliphatic heterocycles. The Hall–Kier alpha value is -1.99. The smallest absolute Gasteiger partial charge is 0.318 e. The van der Waals surface area contributed by atoms with Gasteiger partial charge in [0.2, 0.25) is 10.0 Å². The van der Waals surface area contributed by atoms with Gasteiger partial charge in [0.05, 0.1) is 4.90 Å². The van der Waals surface area contributed by atoms with Crippen molar-refractivity contribution in [3.63, 3.8) is 0 Å². The number of carbonyl (C=O) groups is 1. The van der Waals surface area contributed by atoms with Crippen molar-refractivity contribution in [2.45, 2.75) is 11.8 Å². The Balaban J connectivity index is 2.59. The van der Waals surface area contributed by atoms with E-state index < -0.39 is 22.5 Å². The molecule has 1 heterocycles. The number of hydrogen-bond acceptors (Lipinski definition) is 4. The zero-order valence-electron chi connectivity index (χ0n) is 10.9. The molecule has 0 aliphatic rings. The molecule has 0 unspecified atom stereocenters. The molecule has 0 radical (unpaired) electrons. The Kier molecular flexibility index (Phi) is 4.01. The molecule has 0 saturated heterocycles. The molecule has 0 fully saturated rings. The van der Waals surface area contributed by atoms with Crippen LogP contribution < -0.4 is 0 Å². The molecule has 1 aromatic carbocycles. The minimum absolute atomic E-state index is 0.0934. The van der Waals surface area contributed by atoms with Gasteiger partial charge in [-0.2, -0.15) is 4.31 Å². The lowest BCUT2D eigenvalue weighted by molar-refractivity contribution is -0.137. The molecule has 7 heteroatoms. The molecule has 2 aromatic rings. The Morgan fingerprint density at radius 3 is 2.75 bits per heavy atom. The van der Waals surface area contributed by atoms with E-state index in [1.807, 2.05) is 0 Å². The van der Waals surface area contributed by atoms with E-state index in [0.29, 0.717) is 10.8 Å². The molecule has 2 rings (SSSR count). The summed E-state index contributed by atoms with van der Waals surface area (Å²) in [5, 5.41) is 10.1. The standard InChI is InChI=1S/C13H14N2O4S/c1-2-15(9-13(16)17)20(18,19)12-5-3-4-10-8-14-7-6-11(10)12/h3-8H,2,9H2,1H3,(H,16,17). The van der Waals surface area contributed by atoms with Crippen LogP contribution in [0.2, 0.25) is 0 Å². The van der Waals surface area contributed by atoms with Gasteiger partial charge in [0, 0.05) is 29.7 Å². The maximum absolute atomic E-state index is 12.6. The lowest BCUT2D eigenvalue weighted by Gasteiger charge is -2.19. The van der Waals surface area contributed by atoms with Crippen molar-refractivity contribution >= 4 is 26.8 Å². The molecule has 1 N–H and O–H groups in total. The Bertz CT molecular complexity index is 738. The second-order valence-electron chi connectivity index (χ2n) is 4.18. The van der Waals surface area contributed by atoms with E-state index in [1.165, 1.54) is 12.3 Å². The molecular weight excluding hydrogens is 280 g/mol. The number of nitrogens with zero attached hydrogens (tertiary/aromatic N) is 2. The largest absolute Gasteiger partial charge is 0.480 e. The summed E-state index contributed by atoms with van der Waals surface area (Å²) in [5.74, 6) is -1.18. The van der Waals surface area contributed by atoms with Gasteiger partial charge in [0.1, 0.15) is 6.54 Å². The number of likely N-dealkylation sites (N-methyl/N-ethyl adjacent to an activating group) is 1. The number of sulfonamides is 1. The predicted molar refractivity (Wildman–Crippen MR) is 73.8 cm³/mol. The van der Waals surface area contributed by atoms with Crippen LogP contribution in [0.3, 0.4) is 0 Å². The lowest BCUT2D eigenvalue weighted by Crippen LogP contribution is -2.35. The number of carboxylic acids is 1. The van der Waals surface area contributed by atoms with Gasteiger partial charge < -0.3 is 5.11 Å². The highest BCUT2D eigenvalue weighted by Gasteiger charge is 2.26. The Labute approximate surface area is 116 Å². The summed E-state index contributed by atoms with van der Waals surface area (Å²) in [5.41, 5.74) is 0. The highest BCUT2D eigenvalue weighted by molar-refractivity contribution is 7.89. The molecule has 0 aliphatic carbocycles. The van der Waals surface area contributed by atoms with Crippen LogP contribution in [-0.2, 0) is 14.8 Å². The maximum Gasteiger partial charge on any atom is 0.318 e. The summed E-state index contributed by atoms with van der Waals surface area (Å²) in [6.45, 7) is 1.14. The number of rotatable bonds is 5. The highest BCUT2D eigenvalue weighted by atomic mass is 32.2. The molecule has 106 valence electrons. The van der Waals surface area contributed by atoms with Gasteiger partial charge in [0.15, 0.2) is 0 Å². The van der Waals surface area contributed by atoms with Crippen molar-refractivity contribution in [2.75, 3.05) is 13.1 Å². The fourth-order valence-corrected chi connectivity index (χ4v) is 3.59. The van der Waals surface area contributed by atoms with E-state index in [2.05, 4.69) is 4.98 Å². The number of hydrogen-bond donors (Lipinski definition) is 1. The van der Waals surface area contributed by atoms with Crippen molar-refractivity contribution in [3.8, 4) is 0 Å². The van der Waals surface area contributed by atoms with Crippen molar-refractivity contribution in [1.29, 1.82) is 0 Å². The average molecular weight is 294 g/mol. The van der Waals surface area contributed by atoms with Crippen LogP contribution >= 0.6 is 0 Å². The normalized spacial score (nSPS) is 11.9. The molecule has 0 spiro atoms. The summed E-state index contributed by atoms with van der Waals surface area (Å²) >= 11 is 0.